The molecule has 2 rings (SSSR count). The minimum absolute atomic E-state index is 0.778. The zero-order valence-corrected chi connectivity index (χ0v) is 8.22. The topological polar surface area (TPSA) is 18.5 Å². The molecular weight excluding hydrogens is 180 g/mol. The van der Waals surface area contributed by atoms with Gasteiger partial charge in [-0.3, -0.25) is 0 Å². The van der Waals surface area contributed by atoms with Crippen molar-refractivity contribution in [3.8, 4) is 0 Å². The Labute approximate surface area is 75.8 Å². The standard InChI is InChI=1S/C4H8O2.C3H6S2/c1-2-6-4-3-5-1;1-2-4-5-3-1/h1-4H2;1-3H2. The fourth-order valence-electron chi connectivity index (χ4n) is 0.734. The van der Waals surface area contributed by atoms with E-state index in [1.165, 1.54) is 17.9 Å². The van der Waals surface area contributed by atoms with E-state index in [0.29, 0.717) is 0 Å². The SMILES string of the molecule is C1COCCO1.C1CSSC1. The Morgan fingerprint density at radius 2 is 1.18 bits per heavy atom. The van der Waals surface area contributed by atoms with E-state index in [-0.39, 0.29) is 0 Å². The molecule has 0 bridgehead atoms. The second kappa shape index (κ2) is 7.28. The van der Waals surface area contributed by atoms with Gasteiger partial charge in [0, 0.05) is 11.5 Å². The summed E-state index contributed by atoms with van der Waals surface area (Å²) >= 11 is 0. The lowest BCUT2D eigenvalue weighted by Crippen LogP contribution is -2.16. The highest BCUT2D eigenvalue weighted by Gasteiger charge is 1.96. The van der Waals surface area contributed by atoms with Crippen molar-refractivity contribution in [1.29, 1.82) is 0 Å². The van der Waals surface area contributed by atoms with Gasteiger partial charge in [0.05, 0.1) is 26.4 Å². The molecular formula is C7H14O2S2. The van der Waals surface area contributed by atoms with E-state index in [4.69, 9.17) is 9.47 Å². The quantitative estimate of drug-likeness (QED) is 0.547. The van der Waals surface area contributed by atoms with Gasteiger partial charge in [-0.2, -0.15) is 0 Å². The van der Waals surface area contributed by atoms with Gasteiger partial charge in [-0.1, -0.05) is 21.6 Å². The summed E-state index contributed by atoms with van der Waals surface area (Å²) in [6.07, 6.45) is 1.43. The Kier molecular flexibility index (Phi) is 6.42. The maximum atomic E-state index is 4.94. The molecule has 11 heavy (non-hydrogen) atoms. The second-order valence-electron chi connectivity index (χ2n) is 2.22. The molecule has 4 heteroatoms. The lowest BCUT2D eigenvalue weighted by atomic mass is 10.6. The normalized spacial score (nSPS) is 24.0. The number of hydrogen-bond acceptors (Lipinski definition) is 4. The molecule has 2 fully saturated rings. The van der Waals surface area contributed by atoms with Crippen molar-refractivity contribution in [1.82, 2.24) is 0 Å². The summed E-state index contributed by atoms with van der Waals surface area (Å²) in [4.78, 5) is 0. The van der Waals surface area contributed by atoms with Gasteiger partial charge in [0.2, 0.25) is 0 Å². The molecule has 0 radical (unpaired) electrons. The van der Waals surface area contributed by atoms with Gasteiger partial charge in [0.25, 0.3) is 0 Å². The van der Waals surface area contributed by atoms with Crippen molar-refractivity contribution in [2.24, 2.45) is 0 Å². The Hall–Kier alpha value is 0.620. The van der Waals surface area contributed by atoms with Crippen LogP contribution in [-0.4, -0.2) is 37.9 Å². The molecule has 0 saturated carbocycles. The Morgan fingerprint density at radius 3 is 1.36 bits per heavy atom. The van der Waals surface area contributed by atoms with Crippen LogP contribution in [0.3, 0.4) is 0 Å². The summed E-state index contributed by atoms with van der Waals surface area (Å²) in [5.41, 5.74) is 0. The van der Waals surface area contributed by atoms with E-state index < -0.39 is 0 Å². The van der Waals surface area contributed by atoms with Crippen molar-refractivity contribution >= 4 is 21.6 Å². The average molecular weight is 194 g/mol. The molecule has 0 aromatic rings. The van der Waals surface area contributed by atoms with Gasteiger partial charge in [-0.15, -0.1) is 0 Å². The number of hydrogen-bond donors (Lipinski definition) is 0. The average Bonchev–Trinajstić information content (AvgIpc) is 2.64. The molecule has 2 heterocycles. The first-order chi connectivity index (χ1) is 5.50. The fraction of sp³-hybridized carbons (Fsp3) is 1.00. The summed E-state index contributed by atoms with van der Waals surface area (Å²) in [5, 5.41) is 0. The van der Waals surface area contributed by atoms with Gasteiger partial charge in [-0.05, 0) is 6.42 Å². The Balaban J connectivity index is 0.000000112. The summed E-state index contributed by atoms with van der Waals surface area (Å²) in [6, 6.07) is 0. The van der Waals surface area contributed by atoms with Crippen molar-refractivity contribution < 1.29 is 9.47 Å². The fourth-order valence-corrected chi connectivity index (χ4v) is 3.09. The summed E-state index contributed by atoms with van der Waals surface area (Å²) in [7, 11) is 3.98. The predicted molar refractivity (Wildman–Crippen MR) is 51.2 cm³/mol. The van der Waals surface area contributed by atoms with Crippen LogP contribution in [0.2, 0.25) is 0 Å². The van der Waals surface area contributed by atoms with Crippen molar-refractivity contribution in [3.63, 3.8) is 0 Å². The third-order valence-corrected chi connectivity index (χ3v) is 3.86. The Morgan fingerprint density at radius 1 is 0.727 bits per heavy atom. The molecule has 0 amide bonds. The van der Waals surface area contributed by atoms with Crippen LogP contribution in [0.4, 0.5) is 0 Å². The molecule has 0 aromatic carbocycles. The van der Waals surface area contributed by atoms with Gasteiger partial charge < -0.3 is 9.47 Å². The first-order valence-electron chi connectivity index (χ1n) is 3.90. The number of rotatable bonds is 0. The maximum Gasteiger partial charge on any atom is 0.0701 e. The molecule has 2 aliphatic rings. The highest BCUT2D eigenvalue weighted by atomic mass is 33.1. The van der Waals surface area contributed by atoms with E-state index in [2.05, 4.69) is 0 Å². The van der Waals surface area contributed by atoms with E-state index in [1.807, 2.05) is 21.6 Å². The van der Waals surface area contributed by atoms with Crippen LogP contribution in [-0.2, 0) is 9.47 Å². The molecule has 0 aromatic heterocycles. The van der Waals surface area contributed by atoms with Crippen LogP contribution in [0.25, 0.3) is 0 Å². The van der Waals surface area contributed by atoms with Crippen LogP contribution >= 0.6 is 21.6 Å². The van der Waals surface area contributed by atoms with Crippen LogP contribution < -0.4 is 0 Å². The molecule has 0 spiro atoms. The first kappa shape index (κ1) is 9.71. The third kappa shape index (κ3) is 5.84. The summed E-state index contributed by atoms with van der Waals surface area (Å²) in [6.45, 7) is 3.11. The predicted octanol–water partition coefficient (Wildman–Crippen LogP) is 1.80. The molecule has 0 atom stereocenters. The summed E-state index contributed by atoms with van der Waals surface area (Å²) < 4.78 is 9.89. The zero-order chi connectivity index (χ0) is 7.78. The lowest BCUT2D eigenvalue weighted by Gasteiger charge is -2.09. The monoisotopic (exact) mass is 194 g/mol. The highest BCUT2D eigenvalue weighted by Crippen LogP contribution is 2.29. The van der Waals surface area contributed by atoms with E-state index in [1.54, 1.807) is 0 Å². The maximum absolute atomic E-state index is 4.94. The lowest BCUT2D eigenvalue weighted by molar-refractivity contribution is -0.0334. The molecule has 66 valence electrons. The van der Waals surface area contributed by atoms with Crippen LogP contribution in [0, 0.1) is 0 Å². The molecule has 2 aliphatic heterocycles. The Bertz CT molecular complexity index is 63.4. The van der Waals surface area contributed by atoms with Crippen molar-refractivity contribution in [3.05, 3.63) is 0 Å². The first-order valence-corrected chi connectivity index (χ1v) is 6.39. The van der Waals surface area contributed by atoms with E-state index in [9.17, 15) is 0 Å². The molecule has 2 saturated heterocycles. The number of ether oxygens (including phenoxy) is 2. The minimum Gasteiger partial charge on any atom is -0.377 e. The molecule has 2 nitrogen and oxygen atoms in total. The molecule has 0 aliphatic carbocycles. The van der Waals surface area contributed by atoms with Gasteiger partial charge in [0.15, 0.2) is 0 Å². The van der Waals surface area contributed by atoms with E-state index >= 15 is 0 Å². The third-order valence-electron chi connectivity index (χ3n) is 1.28. The van der Waals surface area contributed by atoms with Crippen LogP contribution in [0.5, 0.6) is 0 Å². The second-order valence-corrected chi connectivity index (χ2v) is 4.92. The van der Waals surface area contributed by atoms with Gasteiger partial charge >= 0.3 is 0 Å². The van der Waals surface area contributed by atoms with Crippen LogP contribution in [0.1, 0.15) is 6.42 Å². The molecule has 0 unspecified atom stereocenters. The van der Waals surface area contributed by atoms with Crippen molar-refractivity contribution in [2.45, 2.75) is 6.42 Å². The zero-order valence-electron chi connectivity index (χ0n) is 6.58. The largest absolute Gasteiger partial charge is 0.377 e. The van der Waals surface area contributed by atoms with Gasteiger partial charge in [-0.25, -0.2) is 0 Å². The smallest absolute Gasteiger partial charge is 0.0701 e. The van der Waals surface area contributed by atoms with E-state index in [0.717, 1.165) is 26.4 Å². The highest BCUT2D eigenvalue weighted by molar-refractivity contribution is 8.77. The van der Waals surface area contributed by atoms with Crippen molar-refractivity contribution in [2.75, 3.05) is 37.9 Å². The minimum atomic E-state index is 0.778. The summed E-state index contributed by atoms with van der Waals surface area (Å²) in [5.74, 6) is 2.76. The molecule has 0 N–H and O–H groups in total. The van der Waals surface area contributed by atoms with Gasteiger partial charge in [0.1, 0.15) is 0 Å². The van der Waals surface area contributed by atoms with Crippen LogP contribution in [0.15, 0.2) is 0 Å².